The van der Waals surface area contributed by atoms with E-state index in [0.717, 1.165) is 11.1 Å². The number of nitrogens with two attached hydrogens (primary N) is 1. The van der Waals surface area contributed by atoms with Crippen LogP contribution in [0.25, 0.3) is 0 Å². The molecular weight excluding hydrogens is 258 g/mol. The molecule has 110 valence electrons. The van der Waals surface area contributed by atoms with Crippen molar-refractivity contribution in [2.75, 3.05) is 7.05 Å². The summed E-state index contributed by atoms with van der Waals surface area (Å²) in [6.07, 6.45) is -0.771. The SMILES string of the molecule is CNC(=O)NC(=O)C(C)Oc1ccc([C@@H](C)N)cc1C. The summed E-state index contributed by atoms with van der Waals surface area (Å²) in [4.78, 5) is 22.7. The third-order valence-electron chi connectivity index (χ3n) is 2.86. The molecule has 1 aromatic rings. The number of imide groups is 1. The van der Waals surface area contributed by atoms with Gasteiger partial charge in [-0.25, -0.2) is 4.79 Å². The van der Waals surface area contributed by atoms with Gasteiger partial charge >= 0.3 is 6.03 Å². The van der Waals surface area contributed by atoms with Gasteiger partial charge in [-0.3, -0.25) is 10.1 Å². The van der Waals surface area contributed by atoms with Crippen LogP contribution in [-0.4, -0.2) is 25.1 Å². The number of amides is 3. The third-order valence-corrected chi connectivity index (χ3v) is 2.86. The second-order valence-electron chi connectivity index (χ2n) is 4.64. The normalized spacial score (nSPS) is 13.2. The topological polar surface area (TPSA) is 93.5 Å². The molecule has 0 aliphatic carbocycles. The fraction of sp³-hybridized carbons (Fsp3) is 0.429. The van der Waals surface area contributed by atoms with Crippen molar-refractivity contribution in [2.24, 2.45) is 5.73 Å². The molecule has 1 rings (SSSR count). The maximum atomic E-state index is 11.7. The van der Waals surface area contributed by atoms with Crippen LogP contribution in [0.2, 0.25) is 0 Å². The molecule has 0 saturated carbocycles. The first-order chi connectivity index (χ1) is 9.35. The first-order valence-corrected chi connectivity index (χ1v) is 6.40. The molecule has 1 aromatic carbocycles. The van der Waals surface area contributed by atoms with Crippen LogP contribution in [-0.2, 0) is 4.79 Å². The van der Waals surface area contributed by atoms with Gasteiger partial charge in [-0.15, -0.1) is 0 Å². The first-order valence-electron chi connectivity index (χ1n) is 6.40. The molecule has 0 fully saturated rings. The zero-order valence-electron chi connectivity index (χ0n) is 12.2. The highest BCUT2D eigenvalue weighted by Crippen LogP contribution is 2.22. The van der Waals surface area contributed by atoms with Gasteiger partial charge in [-0.05, 0) is 38.0 Å². The minimum atomic E-state index is -0.771. The second-order valence-corrected chi connectivity index (χ2v) is 4.64. The van der Waals surface area contributed by atoms with E-state index in [1.165, 1.54) is 7.05 Å². The smallest absolute Gasteiger partial charge is 0.321 e. The molecule has 2 atom stereocenters. The number of ether oxygens (including phenoxy) is 1. The van der Waals surface area contributed by atoms with Gasteiger partial charge in [0.15, 0.2) is 6.10 Å². The van der Waals surface area contributed by atoms with E-state index in [2.05, 4.69) is 10.6 Å². The zero-order chi connectivity index (χ0) is 15.3. The predicted octanol–water partition coefficient (Wildman–Crippen LogP) is 1.24. The quantitative estimate of drug-likeness (QED) is 0.773. The summed E-state index contributed by atoms with van der Waals surface area (Å²) in [5.41, 5.74) is 7.69. The van der Waals surface area contributed by atoms with Gasteiger partial charge in [0.25, 0.3) is 5.91 Å². The average Bonchev–Trinajstić information content (AvgIpc) is 2.40. The summed E-state index contributed by atoms with van der Waals surface area (Å²) in [6, 6.07) is 4.93. The van der Waals surface area contributed by atoms with Crippen molar-refractivity contribution in [1.29, 1.82) is 0 Å². The lowest BCUT2D eigenvalue weighted by Crippen LogP contribution is -2.44. The maximum absolute atomic E-state index is 11.7. The van der Waals surface area contributed by atoms with E-state index in [0.29, 0.717) is 5.75 Å². The summed E-state index contributed by atoms with van der Waals surface area (Å²) < 4.78 is 5.55. The Morgan fingerprint density at radius 1 is 1.30 bits per heavy atom. The Bertz CT molecular complexity index is 500. The van der Waals surface area contributed by atoms with Crippen LogP contribution in [0, 0.1) is 6.92 Å². The fourth-order valence-electron chi connectivity index (χ4n) is 1.61. The van der Waals surface area contributed by atoms with Crippen LogP contribution in [0.5, 0.6) is 5.75 Å². The fourth-order valence-corrected chi connectivity index (χ4v) is 1.61. The minimum Gasteiger partial charge on any atom is -0.481 e. The summed E-state index contributed by atoms with van der Waals surface area (Å²) in [7, 11) is 1.44. The molecule has 20 heavy (non-hydrogen) atoms. The summed E-state index contributed by atoms with van der Waals surface area (Å²) in [6.45, 7) is 5.36. The molecule has 0 aliphatic rings. The standard InChI is InChI=1S/C14H21N3O3/c1-8-7-11(9(2)15)5-6-12(8)20-10(3)13(18)17-14(19)16-4/h5-7,9-10H,15H2,1-4H3,(H2,16,17,18,19)/t9-,10?/m1/s1. The zero-order valence-corrected chi connectivity index (χ0v) is 12.2. The number of aryl methyl sites for hydroxylation is 1. The van der Waals surface area contributed by atoms with Gasteiger partial charge in [0.05, 0.1) is 0 Å². The number of hydrogen-bond donors (Lipinski definition) is 3. The molecule has 6 nitrogen and oxygen atoms in total. The lowest BCUT2D eigenvalue weighted by molar-refractivity contribution is -0.126. The third kappa shape index (κ3) is 4.24. The molecule has 0 aromatic heterocycles. The molecule has 0 spiro atoms. The molecule has 3 amide bonds. The monoisotopic (exact) mass is 279 g/mol. The number of benzene rings is 1. The number of carbonyl (C=O) groups excluding carboxylic acids is 2. The van der Waals surface area contributed by atoms with Crippen molar-refractivity contribution in [2.45, 2.75) is 32.9 Å². The van der Waals surface area contributed by atoms with Crippen molar-refractivity contribution < 1.29 is 14.3 Å². The van der Waals surface area contributed by atoms with Gasteiger partial charge in [-0.1, -0.05) is 12.1 Å². The van der Waals surface area contributed by atoms with Crippen LogP contribution in [0.15, 0.2) is 18.2 Å². The van der Waals surface area contributed by atoms with E-state index >= 15 is 0 Å². The van der Waals surface area contributed by atoms with Gasteiger partial charge in [0.2, 0.25) is 0 Å². The summed E-state index contributed by atoms with van der Waals surface area (Å²) >= 11 is 0. The average molecular weight is 279 g/mol. The van der Waals surface area contributed by atoms with Crippen LogP contribution >= 0.6 is 0 Å². The molecule has 0 bridgehead atoms. The minimum absolute atomic E-state index is 0.0586. The first kappa shape index (κ1) is 16.0. The highest BCUT2D eigenvalue weighted by atomic mass is 16.5. The molecule has 4 N–H and O–H groups in total. The van der Waals surface area contributed by atoms with E-state index in [1.54, 1.807) is 13.0 Å². The lowest BCUT2D eigenvalue weighted by Gasteiger charge is -2.17. The van der Waals surface area contributed by atoms with Gasteiger partial charge in [0, 0.05) is 13.1 Å². The highest BCUT2D eigenvalue weighted by Gasteiger charge is 2.17. The van der Waals surface area contributed by atoms with Crippen LogP contribution in [0.1, 0.15) is 31.0 Å². The van der Waals surface area contributed by atoms with Gasteiger partial charge in [0.1, 0.15) is 5.75 Å². The van der Waals surface area contributed by atoms with Crippen LogP contribution < -0.4 is 21.1 Å². The Kier molecular flexibility index (Phi) is 5.52. The highest BCUT2D eigenvalue weighted by molar-refractivity contribution is 5.96. The molecule has 1 unspecified atom stereocenters. The van der Waals surface area contributed by atoms with Crippen LogP contribution in [0.4, 0.5) is 4.79 Å². The number of urea groups is 1. The molecule has 0 aliphatic heterocycles. The van der Waals surface area contributed by atoms with Crippen molar-refractivity contribution >= 4 is 11.9 Å². The van der Waals surface area contributed by atoms with E-state index in [1.807, 2.05) is 26.0 Å². The molecule has 0 heterocycles. The molecule has 0 radical (unpaired) electrons. The Morgan fingerprint density at radius 2 is 1.95 bits per heavy atom. The number of hydrogen-bond acceptors (Lipinski definition) is 4. The van der Waals surface area contributed by atoms with E-state index < -0.39 is 18.0 Å². The predicted molar refractivity (Wildman–Crippen MR) is 76.5 cm³/mol. The lowest BCUT2D eigenvalue weighted by atomic mass is 10.1. The van der Waals surface area contributed by atoms with E-state index in [-0.39, 0.29) is 6.04 Å². The Balaban J connectivity index is 2.73. The van der Waals surface area contributed by atoms with E-state index in [4.69, 9.17) is 10.5 Å². The summed E-state index contributed by atoms with van der Waals surface area (Å²) in [5, 5.41) is 4.47. The Morgan fingerprint density at radius 3 is 2.45 bits per heavy atom. The largest absolute Gasteiger partial charge is 0.481 e. The molecule has 6 heteroatoms. The number of rotatable bonds is 4. The number of carbonyl (C=O) groups is 2. The van der Waals surface area contributed by atoms with Crippen molar-refractivity contribution in [3.63, 3.8) is 0 Å². The van der Waals surface area contributed by atoms with Crippen LogP contribution in [0.3, 0.4) is 0 Å². The van der Waals surface area contributed by atoms with Gasteiger partial charge < -0.3 is 15.8 Å². The molecule has 0 saturated heterocycles. The van der Waals surface area contributed by atoms with Gasteiger partial charge in [-0.2, -0.15) is 0 Å². The Labute approximate surface area is 118 Å². The Hall–Kier alpha value is -2.08. The maximum Gasteiger partial charge on any atom is 0.321 e. The number of nitrogens with one attached hydrogen (secondary N) is 2. The van der Waals surface area contributed by atoms with Crippen molar-refractivity contribution in [3.05, 3.63) is 29.3 Å². The van der Waals surface area contributed by atoms with E-state index in [9.17, 15) is 9.59 Å². The van der Waals surface area contributed by atoms with Crippen molar-refractivity contribution in [3.8, 4) is 5.75 Å². The summed E-state index contributed by atoms with van der Waals surface area (Å²) in [5.74, 6) is 0.0916. The molecular formula is C14H21N3O3. The second kappa shape index (κ2) is 6.91. The van der Waals surface area contributed by atoms with Crippen molar-refractivity contribution in [1.82, 2.24) is 10.6 Å².